The second-order valence-corrected chi connectivity index (χ2v) is 9.63. The van der Waals surface area contributed by atoms with Crippen molar-refractivity contribution >= 4 is 57.0 Å². The lowest BCUT2D eigenvalue weighted by Gasteiger charge is -2.11. The lowest BCUT2D eigenvalue weighted by Crippen LogP contribution is -2.20. The SMILES string of the molecule is O=C(Cc1c(Cl)ccc(Cl)c1Cl)NN=Cc1ccccc1OS(=O)(=O)c1ccc(C(F)(F)F)cc1. The number of nitrogens with one attached hydrogen (secondary N) is 1. The van der Waals surface area contributed by atoms with E-state index >= 15 is 0 Å². The lowest BCUT2D eigenvalue weighted by atomic mass is 10.1. The van der Waals surface area contributed by atoms with Crippen molar-refractivity contribution in [1.29, 1.82) is 0 Å². The van der Waals surface area contributed by atoms with Crippen molar-refractivity contribution in [3.05, 3.63) is 92.4 Å². The van der Waals surface area contributed by atoms with Crippen molar-refractivity contribution in [1.82, 2.24) is 5.43 Å². The van der Waals surface area contributed by atoms with Crippen LogP contribution in [0, 0.1) is 0 Å². The first-order valence-corrected chi connectivity index (χ1v) is 12.1. The fraction of sp³-hybridized carbons (Fsp3) is 0.0909. The molecular formula is C22H14Cl3F3N2O4S. The molecule has 3 aromatic rings. The second-order valence-electron chi connectivity index (χ2n) is 6.89. The topological polar surface area (TPSA) is 84.8 Å². The molecule has 0 fully saturated rings. The van der Waals surface area contributed by atoms with Gasteiger partial charge < -0.3 is 4.18 Å². The van der Waals surface area contributed by atoms with Crippen molar-refractivity contribution in [3.63, 3.8) is 0 Å². The highest BCUT2D eigenvalue weighted by molar-refractivity contribution is 7.87. The number of para-hydroxylation sites is 1. The van der Waals surface area contributed by atoms with E-state index < -0.39 is 32.7 Å². The minimum absolute atomic E-state index is 0.130. The number of benzene rings is 3. The maximum Gasteiger partial charge on any atom is 0.416 e. The van der Waals surface area contributed by atoms with E-state index in [4.69, 9.17) is 39.0 Å². The number of alkyl halides is 3. The van der Waals surface area contributed by atoms with Gasteiger partial charge in [-0.15, -0.1) is 0 Å². The summed E-state index contributed by atoms with van der Waals surface area (Å²) in [7, 11) is -4.45. The molecule has 1 N–H and O–H groups in total. The average Bonchev–Trinajstić information content (AvgIpc) is 2.80. The smallest absolute Gasteiger partial charge is 0.378 e. The van der Waals surface area contributed by atoms with E-state index in [1.54, 1.807) is 6.07 Å². The van der Waals surface area contributed by atoms with Gasteiger partial charge in [0.25, 0.3) is 0 Å². The van der Waals surface area contributed by atoms with Crippen LogP contribution in [-0.2, 0) is 27.5 Å². The van der Waals surface area contributed by atoms with Crippen LogP contribution in [0.2, 0.25) is 15.1 Å². The molecule has 0 saturated carbocycles. The molecule has 0 radical (unpaired) electrons. The van der Waals surface area contributed by atoms with Gasteiger partial charge in [0.2, 0.25) is 5.91 Å². The van der Waals surface area contributed by atoms with Gasteiger partial charge in [0, 0.05) is 16.1 Å². The van der Waals surface area contributed by atoms with Crippen LogP contribution in [0.4, 0.5) is 13.2 Å². The molecule has 0 aliphatic heterocycles. The van der Waals surface area contributed by atoms with Crippen LogP contribution in [0.3, 0.4) is 0 Å². The minimum Gasteiger partial charge on any atom is -0.378 e. The van der Waals surface area contributed by atoms with Gasteiger partial charge in [-0.25, -0.2) is 5.43 Å². The number of hydrazone groups is 1. The first kappa shape index (κ1) is 26.8. The van der Waals surface area contributed by atoms with Crippen molar-refractivity contribution < 1.29 is 30.6 Å². The molecule has 0 unspecified atom stereocenters. The summed E-state index contributed by atoms with van der Waals surface area (Å²) in [6.07, 6.45) is -3.70. The summed E-state index contributed by atoms with van der Waals surface area (Å²) >= 11 is 18.1. The maximum absolute atomic E-state index is 12.7. The lowest BCUT2D eigenvalue weighted by molar-refractivity contribution is -0.137. The zero-order valence-electron chi connectivity index (χ0n) is 17.3. The number of rotatable bonds is 7. The molecule has 1 amide bonds. The Hall–Kier alpha value is -2.79. The molecule has 0 heterocycles. The molecule has 35 heavy (non-hydrogen) atoms. The summed E-state index contributed by atoms with van der Waals surface area (Å²) in [6.45, 7) is 0. The molecule has 0 spiro atoms. The van der Waals surface area contributed by atoms with Crippen LogP contribution in [-0.4, -0.2) is 20.5 Å². The third-order valence-electron chi connectivity index (χ3n) is 4.46. The van der Waals surface area contributed by atoms with E-state index in [1.807, 2.05) is 0 Å². The van der Waals surface area contributed by atoms with Gasteiger partial charge in [-0.05, 0) is 48.5 Å². The van der Waals surface area contributed by atoms with Gasteiger partial charge in [0.1, 0.15) is 4.90 Å². The predicted molar refractivity (Wildman–Crippen MR) is 127 cm³/mol. The zero-order chi connectivity index (χ0) is 25.8. The Balaban J connectivity index is 1.72. The van der Waals surface area contributed by atoms with Gasteiger partial charge in [-0.1, -0.05) is 46.9 Å². The van der Waals surface area contributed by atoms with Crippen LogP contribution in [0.1, 0.15) is 16.7 Å². The van der Waals surface area contributed by atoms with Crippen molar-refractivity contribution in [2.24, 2.45) is 5.10 Å². The van der Waals surface area contributed by atoms with Crippen molar-refractivity contribution in [2.45, 2.75) is 17.5 Å². The van der Waals surface area contributed by atoms with E-state index in [0.717, 1.165) is 18.3 Å². The second kappa shape index (κ2) is 10.9. The molecule has 184 valence electrons. The fourth-order valence-corrected chi connectivity index (χ4v) is 4.38. The normalized spacial score (nSPS) is 12.1. The van der Waals surface area contributed by atoms with E-state index in [2.05, 4.69) is 10.5 Å². The molecule has 0 atom stereocenters. The number of halogens is 6. The Morgan fingerprint density at radius 1 is 0.971 bits per heavy atom. The average molecular weight is 566 g/mol. The predicted octanol–water partition coefficient (Wildman–Crippen LogP) is 6.13. The molecule has 13 heteroatoms. The Morgan fingerprint density at radius 3 is 2.26 bits per heavy atom. The van der Waals surface area contributed by atoms with E-state index in [1.165, 1.54) is 30.3 Å². The largest absolute Gasteiger partial charge is 0.416 e. The molecule has 0 bridgehead atoms. The molecule has 0 saturated heterocycles. The molecule has 0 aliphatic carbocycles. The highest BCUT2D eigenvalue weighted by atomic mass is 35.5. The van der Waals surface area contributed by atoms with Gasteiger partial charge in [0.05, 0.1) is 28.2 Å². The Morgan fingerprint density at radius 2 is 1.60 bits per heavy atom. The summed E-state index contributed by atoms with van der Waals surface area (Å²) in [5.74, 6) is -0.741. The molecule has 0 aliphatic rings. The maximum atomic E-state index is 12.7. The fourth-order valence-electron chi connectivity index (χ4n) is 2.74. The molecule has 3 aromatic carbocycles. The van der Waals surface area contributed by atoms with Gasteiger partial charge in [0.15, 0.2) is 5.75 Å². The molecule has 6 nitrogen and oxygen atoms in total. The van der Waals surface area contributed by atoms with Crippen LogP contribution < -0.4 is 9.61 Å². The molecule has 3 rings (SSSR count). The number of nitrogens with zero attached hydrogens (tertiary/aromatic N) is 1. The number of hydrogen-bond donors (Lipinski definition) is 1. The minimum atomic E-state index is -4.61. The number of carbonyl (C=O) groups excluding carboxylic acids is 1. The monoisotopic (exact) mass is 564 g/mol. The van der Waals surface area contributed by atoms with E-state index in [-0.39, 0.29) is 32.8 Å². The van der Waals surface area contributed by atoms with Gasteiger partial charge in [-0.3, -0.25) is 4.79 Å². The van der Waals surface area contributed by atoms with Crippen molar-refractivity contribution in [3.8, 4) is 5.75 Å². The van der Waals surface area contributed by atoms with Gasteiger partial charge in [-0.2, -0.15) is 26.7 Å². The van der Waals surface area contributed by atoms with Gasteiger partial charge >= 0.3 is 16.3 Å². The van der Waals surface area contributed by atoms with E-state index in [9.17, 15) is 26.4 Å². The summed E-state index contributed by atoms with van der Waals surface area (Å²) in [5.41, 5.74) is 1.73. The first-order valence-electron chi connectivity index (χ1n) is 9.53. The quantitative estimate of drug-likeness (QED) is 0.162. The third kappa shape index (κ3) is 6.88. The van der Waals surface area contributed by atoms with Crippen LogP contribution >= 0.6 is 34.8 Å². The Kier molecular flexibility index (Phi) is 8.32. The highest BCUT2D eigenvalue weighted by Gasteiger charge is 2.31. The summed E-state index contributed by atoms with van der Waals surface area (Å²) in [5, 5.41) is 4.37. The number of carbonyl (C=O) groups is 1. The first-order chi connectivity index (χ1) is 16.4. The molecule has 0 aromatic heterocycles. The van der Waals surface area contributed by atoms with Crippen molar-refractivity contribution in [2.75, 3.05) is 0 Å². The summed E-state index contributed by atoms with van der Waals surface area (Å²) in [6, 6.07) is 11.7. The van der Waals surface area contributed by atoms with Crippen LogP contribution in [0.25, 0.3) is 0 Å². The number of amides is 1. The Bertz CT molecular complexity index is 1380. The third-order valence-corrected chi connectivity index (χ3v) is 6.90. The number of hydrogen-bond acceptors (Lipinski definition) is 5. The van der Waals surface area contributed by atoms with E-state index in [0.29, 0.717) is 17.7 Å². The zero-order valence-corrected chi connectivity index (χ0v) is 20.4. The summed E-state index contributed by atoms with van der Waals surface area (Å²) in [4.78, 5) is 11.8. The highest BCUT2D eigenvalue weighted by Crippen LogP contribution is 2.32. The standard InChI is InChI=1S/C22H14Cl3F3N2O4S/c23-17-9-10-18(24)21(25)16(17)11-20(31)30-29-12-13-3-1-2-4-19(13)34-35(32,33)15-7-5-14(6-8-15)22(26,27)28/h1-10,12H,11H2,(H,30,31). The Labute approximate surface area is 213 Å². The van der Waals surface area contributed by atoms with Crippen LogP contribution in [0.5, 0.6) is 5.75 Å². The van der Waals surface area contributed by atoms with Crippen LogP contribution in [0.15, 0.2) is 70.7 Å². The summed E-state index contributed by atoms with van der Waals surface area (Å²) < 4.78 is 68.3. The molecular weight excluding hydrogens is 552 g/mol.